The summed E-state index contributed by atoms with van der Waals surface area (Å²) in [6.45, 7) is 4.56. The lowest BCUT2D eigenvalue weighted by Gasteiger charge is -2.36. The lowest BCUT2D eigenvalue weighted by Crippen LogP contribution is -2.48. The van der Waals surface area contributed by atoms with Crippen LogP contribution in [-0.2, 0) is 0 Å². The Labute approximate surface area is 172 Å². The minimum absolute atomic E-state index is 0.0940. The average molecular weight is 411 g/mol. The van der Waals surface area contributed by atoms with Gasteiger partial charge in [0.25, 0.3) is 11.6 Å². The number of nitro benzene ring substituents is 1. The molecule has 1 aromatic carbocycles. The van der Waals surface area contributed by atoms with Crippen LogP contribution in [0.15, 0.2) is 57.7 Å². The molecule has 10 nitrogen and oxygen atoms in total. The number of aromatic nitrogens is 1. The molecule has 3 aromatic rings. The van der Waals surface area contributed by atoms with E-state index in [-0.39, 0.29) is 17.3 Å². The van der Waals surface area contributed by atoms with Crippen molar-refractivity contribution in [2.45, 2.75) is 0 Å². The number of non-ortho nitro benzene ring substituents is 1. The van der Waals surface area contributed by atoms with Gasteiger partial charge in [-0.25, -0.2) is 0 Å². The molecule has 1 N–H and O–H groups in total. The van der Waals surface area contributed by atoms with Gasteiger partial charge in [-0.15, -0.1) is 0 Å². The van der Waals surface area contributed by atoms with Gasteiger partial charge in [-0.1, -0.05) is 5.16 Å². The normalized spacial score (nSPS) is 14.6. The number of carbonyl (C=O) groups is 1. The zero-order valence-electron chi connectivity index (χ0n) is 16.2. The minimum Gasteiger partial charge on any atom is -0.461 e. The molecule has 156 valence electrons. The maximum Gasteiger partial charge on any atom is 0.273 e. The summed E-state index contributed by atoms with van der Waals surface area (Å²) >= 11 is 0. The summed E-state index contributed by atoms with van der Waals surface area (Å²) in [6.07, 6.45) is 1.53. The summed E-state index contributed by atoms with van der Waals surface area (Å²) < 4.78 is 10.4. The van der Waals surface area contributed by atoms with E-state index < -0.39 is 4.92 Å². The number of carbonyl (C=O) groups excluding carboxylic acids is 1. The molecule has 4 rings (SSSR count). The van der Waals surface area contributed by atoms with Crippen LogP contribution < -0.4 is 10.2 Å². The van der Waals surface area contributed by atoms with Gasteiger partial charge in [-0.3, -0.25) is 19.8 Å². The zero-order chi connectivity index (χ0) is 20.9. The van der Waals surface area contributed by atoms with E-state index in [9.17, 15) is 14.9 Å². The van der Waals surface area contributed by atoms with E-state index in [4.69, 9.17) is 8.94 Å². The van der Waals surface area contributed by atoms with Gasteiger partial charge in [0, 0.05) is 63.2 Å². The van der Waals surface area contributed by atoms with E-state index in [0.29, 0.717) is 18.1 Å². The summed E-state index contributed by atoms with van der Waals surface area (Å²) in [5, 5.41) is 17.4. The highest BCUT2D eigenvalue weighted by molar-refractivity contribution is 5.92. The van der Waals surface area contributed by atoms with Gasteiger partial charge in [-0.05, 0) is 24.3 Å². The second-order valence-electron chi connectivity index (χ2n) is 6.91. The number of anilines is 1. The molecule has 0 unspecified atom stereocenters. The number of amides is 1. The first-order valence-electron chi connectivity index (χ1n) is 9.61. The van der Waals surface area contributed by atoms with Crippen LogP contribution in [0.25, 0.3) is 11.5 Å². The van der Waals surface area contributed by atoms with Crippen LogP contribution in [0.3, 0.4) is 0 Å². The Balaban J connectivity index is 1.20. The average Bonchev–Trinajstić information content (AvgIpc) is 3.46. The molecule has 1 aliphatic rings. The molecule has 2 aromatic heterocycles. The third-order valence-electron chi connectivity index (χ3n) is 5.02. The quantitative estimate of drug-likeness (QED) is 0.465. The van der Waals surface area contributed by atoms with Crippen molar-refractivity contribution in [2.75, 3.05) is 44.2 Å². The van der Waals surface area contributed by atoms with Crippen LogP contribution in [0, 0.1) is 10.1 Å². The van der Waals surface area contributed by atoms with Crippen molar-refractivity contribution in [3.05, 3.63) is 64.5 Å². The Morgan fingerprint density at radius 2 is 1.90 bits per heavy atom. The summed E-state index contributed by atoms with van der Waals surface area (Å²) in [6, 6.07) is 11.6. The number of rotatable bonds is 7. The third-order valence-corrected chi connectivity index (χ3v) is 5.02. The second kappa shape index (κ2) is 8.78. The highest BCUT2D eigenvalue weighted by atomic mass is 16.6. The summed E-state index contributed by atoms with van der Waals surface area (Å²) in [4.78, 5) is 27.1. The number of hydrogen-bond acceptors (Lipinski definition) is 8. The number of benzene rings is 1. The first-order chi connectivity index (χ1) is 14.6. The summed E-state index contributed by atoms with van der Waals surface area (Å²) in [7, 11) is 0. The minimum atomic E-state index is -0.396. The molecule has 0 saturated carbocycles. The first-order valence-corrected chi connectivity index (χ1v) is 9.61. The molecule has 0 bridgehead atoms. The van der Waals surface area contributed by atoms with Crippen molar-refractivity contribution < 1.29 is 18.7 Å². The standard InChI is InChI=1S/C20H21N5O5/c26-20(17-14-19(30-22-17)18-2-1-13-29-18)21-7-8-23-9-11-24(12-10-23)15-3-5-16(6-4-15)25(27)28/h1-6,13-14H,7-12H2,(H,21,26). The fourth-order valence-corrected chi connectivity index (χ4v) is 3.35. The molecule has 1 saturated heterocycles. The van der Waals surface area contributed by atoms with Crippen LogP contribution >= 0.6 is 0 Å². The van der Waals surface area contributed by atoms with Crippen LogP contribution in [-0.4, -0.2) is 60.2 Å². The Morgan fingerprint density at radius 3 is 2.57 bits per heavy atom. The van der Waals surface area contributed by atoms with Gasteiger partial charge in [0.15, 0.2) is 11.5 Å². The largest absolute Gasteiger partial charge is 0.461 e. The molecule has 0 spiro atoms. The van der Waals surface area contributed by atoms with Crippen molar-refractivity contribution in [1.29, 1.82) is 0 Å². The van der Waals surface area contributed by atoms with Crippen molar-refractivity contribution in [3.63, 3.8) is 0 Å². The molecule has 30 heavy (non-hydrogen) atoms. The van der Waals surface area contributed by atoms with Crippen molar-refractivity contribution in [2.24, 2.45) is 0 Å². The van der Waals surface area contributed by atoms with Crippen molar-refractivity contribution >= 4 is 17.3 Å². The fourth-order valence-electron chi connectivity index (χ4n) is 3.35. The van der Waals surface area contributed by atoms with Crippen LogP contribution in [0.1, 0.15) is 10.5 Å². The Hall–Kier alpha value is -3.66. The highest BCUT2D eigenvalue weighted by Crippen LogP contribution is 2.21. The number of hydrogen-bond donors (Lipinski definition) is 1. The van der Waals surface area contributed by atoms with E-state index in [2.05, 4.69) is 20.3 Å². The van der Waals surface area contributed by atoms with Gasteiger partial charge in [0.1, 0.15) is 0 Å². The SMILES string of the molecule is O=C(NCCN1CCN(c2ccc([N+](=O)[O-])cc2)CC1)c1cc(-c2ccco2)on1. The van der Waals surface area contributed by atoms with E-state index in [1.54, 1.807) is 30.3 Å². The van der Waals surface area contributed by atoms with E-state index >= 15 is 0 Å². The third kappa shape index (κ3) is 4.49. The Kier molecular flexibility index (Phi) is 5.75. The van der Waals surface area contributed by atoms with Gasteiger partial charge in [0.05, 0.1) is 11.2 Å². The van der Waals surface area contributed by atoms with Gasteiger partial charge < -0.3 is 19.2 Å². The van der Waals surface area contributed by atoms with Gasteiger partial charge in [0.2, 0.25) is 5.76 Å². The molecule has 0 radical (unpaired) electrons. The summed E-state index contributed by atoms with van der Waals surface area (Å²) in [5.41, 5.74) is 1.29. The van der Waals surface area contributed by atoms with Gasteiger partial charge in [-0.2, -0.15) is 0 Å². The fraction of sp³-hybridized carbons (Fsp3) is 0.300. The van der Waals surface area contributed by atoms with E-state index in [1.807, 2.05) is 0 Å². The molecule has 1 fully saturated rings. The number of furan rings is 1. The molecule has 0 atom stereocenters. The number of nitro groups is 1. The number of piperazine rings is 1. The zero-order valence-corrected chi connectivity index (χ0v) is 16.2. The second-order valence-corrected chi connectivity index (χ2v) is 6.91. The van der Waals surface area contributed by atoms with E-state index in [0.717, 1.165) is 38.4 Å². The smallest absolute Gasteiger partial charge is 0.273 e. The maximum absolute atomic E-state index is 12.2. The predicted octanol–water partition coefficient (Wildman–Crippen LogP) is 2.39. The lowest BCUT2D eigenvalue weighted by molar-refractivity contribution is -0.384. The monoisotopic (exact) mass is 411 g/mol. The first kappa shape index (κ1) is 19.6. The van der Waals surface area contributed by atoms with Gasteiger partial charge >= 0.3 is 0 Å². The van der Waals surface area contributed by atoms with Crippen LogP contribution in [0.5, 0.6) is 0 Å². The lowest BCUT2D eigenvalue weighted by atomic mass is 10.2. The number of nitrogens with one attached hydrogen (secondary N) is 1. The maximum atomic E-state index is 12.2. The van der Waals surface area contributed by atoms with Crippen molar-refractivity contribution in [1.82, 2.24) is 15.4 Å². The van der Waals surface area contributed by atoms with Crippen LogP contribution in [0.4, 0.5) is 11.4 Å². The molecular weight excluding hydrogens is 390 g/mol. The molecular formula is C20H21N5O5. The topological polar surface area (TPSA) is 118 Å². The van der Waals surface area contributed by atoms with Crippen LogP contribution in [0.2, 0.25) is 0 Å². The number of nitrogens with zero attached hydrogens (tertiary/aromatic N) is 4. The predicted molar refractivity (Wildman–Crippen MR) is 108 cm³/mol. The molecule has 3 heterocycles. The summed E-state index contributed by atoms with van der Waals surface area (Å²) in [5.74, 6) is 0.640. The highest BCUT2D eigenvalue weighted by Gasteiger charge is 2.19. The Morgan fingerprint density at radius 1 is 1.13 bits per heavy atom. The van der Waals surface area contributed by atoms with Crippen molar-refractivity contribution in [3.8, 4) is 11.5 Å². The molecule has 0 aliphatic carbocycles. The Bertz CT molecular complexity index is 991. The molecule has 1 aliphatic heterocycles. The molecule has 1 amide bonds. The van der Waals surface area contributed by atoms with E-state index in [1.165, 1.54) is 18.4 Å². The molecule has 10 heteroatoms.